The van der Waals surface area contributed by atoms with E-state index in [-0.39, 0.29) is 0 Å². The number of nitrogens with zero attached hydrogens (tertiary/aromatic N) is 2. The Labute approximate surface area is 90.2 Å². The van der Waals surface area contributed by atoms with Crippen LogP contribution in [0.15, 0.2) is 5.38 Å². The van der Waals surface area contributed by atoms with E-state index >= 15 is 0 Å². The molecule has 0 aliphatic rings. The Balaban J connectivity index is 2.43. The van der Waals surface area contributed by atoms with Gasteiger partial charge in [0.05, 0.1) is 5.69 Å². The van der Waals surface area contributed by atoms with E-state index in [1.807, 2.05) is 0 Å². The number of nitrogens with one attached hydrogen (secondary N) is 1. The predicted molar refractivity (Wildman–Crippen MR) is 63.1 cm³/mol. The van der Waals surface area contributed by atoms with Gasteiger partial charge in [-0.2, -0.15) is 0 Å². The van der Waals surface area contributed by atoms with E-state index in [4.69, 9.17) is 0 Å². The fourth-order valence-electron chi connectivity index (χ4n) is 1.34. The lowest BCUT2D eigenvalue weighted by atomic mass is 10.3. The van der Waals surface area contributed by atoms with Crippen molar-refractivity contribution in [3.63, 3.8) is 0 Å². The third-order valence-corrected chi connectivity index (χ3v) is 2.75. The summed E-state index contributed by atoms with van der Waals surface area (Å²) in [5, 5.41) is 6.55. The van der Waals surface area contributed by atoms with Crippen LogP contribution in [0.1, 0.15) is 19.5 Å². The molecule has 0 fully saturated rings. The molecule has 0 saturated carbocycles. The second-order valence-corrected chi connectivity index (χ2v) is 4.66. The Morgan fingerprint density at radius 1 is 1.57 bits per heavy atom. The Bertz CT molecular complexity index is 270. The van der Waals surface area contributed by atoms with Gasteiger partial charge >= 0.3 is 0 Å². The molecule has 0 bridgehead atoms. The molecule has 1 unspecified atom stereocenters. The first-order valence-electron chi connectivity index (χ1n) is 4.97. The molecule has 1 rings (SSSR count). The van der Waals surface area contributed by atoms with Crippen LogP contribution in [0, 0.1) is 0 Å². The summed E-state index contributed by atoms with van der Waals surface area (Å²) in [5.74, 6) is 0. The summed E-state index contributed by atoms with van der Waals surface area (Å²) in [6.45, 7) is 5.33. The molecule has 1 aromatic heterocycles. The monoisotopic (exact) mass is 213 g/mol. The molecule has 0 radical (unpaired) electrons. The number of hydrogen-bond donors (Lipinski definition) is 1. The van der Waals surface area contributed by atoms with Crippen molar-refractivity contribution in [3.8, 4) is 0 Å². The van der Waals surface area contributed by atoms with Gasteiger partial charge in [-0.3, -0.25) is 0 Å². The number of hydrogen-bond acceptors (Lipinski definition) is 4. The van der Waals surface area contributed by atoms with E-state index in [1.165, 1.54) is 5.69 Å². The van der Waals surface area contributed by atoms with Gasteiger partial charge < -0.3 is 10.2 Å². The van der Waals surface area contributed by atoms with Crippen molar-refractivity contribution in [3.05, 3.63) is 11.1 Å². The average molecular weight is 213 g/mol. The van der Waals surface area contributed by atoms with Crippen molar-refractivity contribution in [2.45, 2.75) is 26.3 Å². The zero-order valence-corrected chi connectivity index (χ0v) is 10.2. The Hall–Kier alpha value is -0.610. The summed E-state index contributed by atoms with van der Waals surface area (Å²) in [7, 11) is 4.16. The maximum atomic E-state index is 4.46. The molecule has 1 aromatic rings. The Morgan fingerprint density at radius 3 is 2.79 bits per heavy atom. The molecule has 3 nitrogen and oxygen atoms in total. The van der Waals surface area contributed by atoms with Crippen molar-refractivity contribution in [1.82, 2.24) is 9.88 Å². The number of likely N-dealkylation sites (N-methyl/N-ethyl adjacent to an activating group) is 1. The van der Waals surface area contributed by atoms with Gasteiger partial charge in [-0.05, 0) is 27.4 Å². The van der Waals surface area contributed by atoms with E-state index in [0.29, 0.717) is 6.04 Å². The van der Waals surface area contributed by atoms with Crippen LogP contribution in [0.2, 0.25) is 0 Å². The van der Waals surface area contributed by atoms with Crippen LogP contribution in [0.25, 0.3) is 0 Å². The van der Waals surface area contributed by atoms with Crippen molar-refractivity contribution in [2.75, 3.05) is 26.0 Å². The van der Waals surface area contributed by atoms with Gasteiger partial charge in [-0.1, -0.05) is 6.92 Å². The zero-order chi connectivity index (χ0) is 10.6. The van der Waals surface area contributed by atoms with Crippen molar-refractivity contribution in [2.24, 2.45) is 0 Å². The quantitative estimate of drug-likeness (QED) is 0.811. The first-order chi connectivity index (χ1) is 6.61. The van der Waals surface area contributed by atoms with Crippen LogP contribution < -0.4 is 5.32 Å². The summed E-state index contributed by atoms with van der Waals surface area (Å²) in [5.41, 5.74) is 1.18. The lowest BCUT2D eigenvalue weighted by Crippen LogP contribution is -2.29. The van der Waals surface area contributed by atoms with Gasteiger partial charge in [0.1, 0.15) is 0 Å². The normalized spacial score (nSPS) is 13.2. The summed E-state index contributed by atoms with van der Waals surface area (Å²) < 4.78 is 0. The number of anilines is 1. The molecule has 0 aromatic carbocycles. The molecule has 0 spiro atoms. The van der Waals surface area contributed by atoms with E-state index < -0.39 is 0 Å². The topological polar surface area (TPSA) is 28.2 Å². The van der Waals surface area contributed by atoms with E-state index in [2.05, 4.69) is 48.5 Å². The number of thiazole rings is 1. The standard InChI is InChI=1S/C10H19N3S/c1-5-9-7-14-10(12-9)11-8(2)6-13(3)4/h7-8H,5-6H2,1-4H3,(H,11,12). The molecule has 0 aliphatic heterocycles. The predicted octanol–water partition coefficient (Wildman–Crippen LogP) is 2.07. The summed E-state index contributed by atoms with van der Waals surface area (Å²) >= 11 is 1.69. The molecule has 14 heavy (non-hydrogen) atoms. The zero-order valence-electron chi connectivity index (χ0n) is 9.37. The molecule has 1 N–H and O–H groups in total. The molecule has 0 aliphatic carbocycles. The minimum absolute atomic E-state index is 0.445. The number of rotatable bonds is 5. The van der Waals surface area contributed by atoms with Crippen LogP contribution in [-0.4, -0.2) is 36.6 Å². The van der Waals surface area contributed by atoms with E-state index in [0.717, 1.165) is 18.1 Å². The summed E-state index contributed by atoms with van der Waals surface area (Å²) in [6.07, 6.45) is 1.01. The highest BCUT2D eigenvalue weighted by molar-refractivity contribution is 7.13. The smallest absolute Gasteiger partial charge is 0.183 e. The molecule has 0 saturated heterocycles. The molecule has 1 atom stereocenters. The van der Waals surface area contributed by atoms with Gasteiger partial charge in [-0.25, -0.2) is 4.98 Å². The van der Waals surface area contributed by atoms with Crippen molar-refractivity contribution < 1.29 is 0 Å². The molecule has 80 valence electrons. The van der Waals surface area contributed by atoms with Gasteiger partial charge in [0.2, 0.25) is 0 Å². The lowest BCUT2D eigenvalue weighted by Gasteiger charge is -2.17. The van der Waals surface area contributed by atoms with Gasteiger partial charge in [0.25, 0.3) is 0 Å². The minimum Gasteiger partial charge on any atom is -0.358 e. The third kappa shape index (κ3) is 3.64. The highest BCUT2D eigenvalue weighted by Gasteiger charge is 2.05. The minimum atomic E-state index is 0.445. The third-order valence-electron chi connectivity index (χ3n) is 1.92. The lowest BCUT2D eigenvalue weighted by molar-refractivity contribution is 0.392. The summed E-state index contributed by atoms with van der Waals surface area (Å²) in [6, 6.07) is 0.445. The Kier molecular flexibility index (Phi) is 4.35. The molecule has 0 amide bonds. The van der Waals surface area contributed by atoms with E-state index in [1.54, 1.807) is 11.3 Å². The van der Waals surface area contributed by atoms with Crippen LogP contribution >= 0.6 is 11.3 Å². The van der Waals surface area contributed by atoms with Gasteiger partial charge in [0, 0.05) is 18.0 Å². The van der Waals surface area contributed by atoms with Crippen LogP contribution in [-0.2, 0) is 6.42 Å². The first-order valence-corrected chi connectivity index (χ1v) is 5.85. The first kappa shape index (κ1) is 11.5. The maximum Gasteiger partial charge on any atom is 0.183 e. The summed E-state index contributed by atoms with van der Waals surface area (Å²) in [4.78, 5) is 6.64. The van der Waals surface area contributed by atoms with Gasteiger partial charge in [-0.15, -0.1) is 11.3 Å². The van der Waals surface area contributed by atoms with Gasteiger partial charge in [0.15, 0.2) is 5.13 Å². The highest BCUT2D eigenvalue weighted by Crippen LogP contribution is 2.16. The maximum absolute atomic E-state index is 4.46. The second kappa shape index (κ2) is 5.32. The molecular formula is C10H19N3S. The SMILES string of the molecule is CCc1csc(NC(C)CN(C)C)n1. The van der Waals surface area contributed by atoms with Crippen LogP contribution in [0.3, 0.4) is 0 Å². The van der Waals surface area contributed by atoms with E-state index in [9.17, 15) is 0 Å². The molecule has 4 heteroatoms. The number of aromatic nitrogens is 1. The molecule has 1 heterocycles. The molecular weight excluding hydrogens is 194 g/mol. The second-order valence-electron chi connectivity index (χ2n) is 3.81. The largest absolute Gasteiger partial charge is 0.358 e. The highest BCUT2D eigenvalue weighted by atomic mass is 32.1. The van der Waals surface area contributed by atoms with Crippen LogP contribution in [0.4, 0.5) is 5.13 Å². The van der Waals surface area contributed by atoms with Crippen LogP contribution in [0.5, 0.6) is 0 Å². The fraction of sp³-hybridized carbons (Fsp3) is 0.700. The fourth-order valence-corrected chi connectivity index (χ4v) is 2.25. The van der Waals surface area contributed by atoms with Crippen molar-refractivity contribution in [1.29, 1.82) is 0 Å². The average Bonchev–Trinajstić information content (AvgIpc) is 2.50. The Morgan fingerprint density at radius 2 is 2.29 bits per heavy atom. The number of aryl methyl sites for hydroxylation is 1. The van der Waals surface area contributed by atoms with Crippen molar-refractivity contribution >= 4 is 16.5 Å².